The number of hydrogen-bond donors (Lipinski definition) is 1. The third kappa shape index (κ3) is 4.20. The van der Waals surface area contributed by atoms with Gasteiger partial charge in [0.15, 0.2) is 0 Å². The highest BCUT2D eigenvalue weighted by atomic mass is 79.9. The van der Waals surface area contributed by atoms with Gasteiger partial charge in [-0.25, -0.2) is 4.39 Å². The van der Waals surface area contributed by atoms with Gasteiger partial charge < -0.3 is 15.5 Å². The SMILES string of the molecule is CC(C)[C@H](N)C(=O)N1CCN(C(=O)c2ccc(F)cc2Br)C(C)(C)C1. The van der Waals surface area contributed by atoms with Gasteiger partial charge in [-0.3, -0.25) is 9.59 Å². The van der Waals surface area contributed by atoms with E-state index in [1.54, 1.807) is 9.80 Å². The summed E-state index contributed by atoms with van der Waals surface area (Å²) in [5, 5.41) is 0. The molecule has 0 saturated carbocycles. The molecular weight excluding hydrogens is 389 g/mol. The molecule has 5 nitrogen and oxygen atoms in total. The molecule has 1 heterocycles. The van der Waals surface area contributed by atoms with Gasteiger partial charge in [-0.1, -0.05) is 13.8 Å². The Balaban J connectivity index is 2.18. The second kappa shape index (κ2) is 7.41. The summed E-state index contributed by atoms with van der Waals surface area (Å²) in [6.45, 7) is 8.93. The van der Waals surface area contributed by atoms with Crippen LogP contribution >= 0.6 is 15.9 Å². The number of halogens is 2. The number of hydrogen-bond acceptors (Lipinski definition) is 3. The van der Waals surface area contributed by atoms with Gasteiger partial charge in [-0.15, -0.1) is 0 Å². The molecule has 2 rings (SSSR count). The Bertz CT molecular complexity index is 678. The fourth-order valence-corrected chi connectivity index (χ4v) is 3.54. The van der Waals surface area contributed by atoms with Crippen LogP contribution in [-0.4, -0.2) is 52.8 Å². The number of nitrogens with two attached hydrogens (primary N) is 1. The lowest BCUT2D eigenvalue weighted by molar-refractivity contribution is -0.137. The summed E-state index contributed by atoms with van der Waals surface area (Å²) in [7, 11) is 0. The molecule has 2 amide bonds. The van der Waals surface area contributed by atoms with Gasteiger partial charge >= 0.3 is 0 Å². The first-order valence-electron chi connectivity index (χ1n) is 8.36. The van der Waals surface area contributed by atoms with Crippen LogP contribution in [0.4, 0.5) is 4.39 Å². The van der Waals surface area contributed by atoms with Crippen molar-refractivity contribution in [3.8, 4) is 0 Å². The minimum Gasteiger partial charge on any atom is -0.337 e. The largest absolute Gasteiger partial charge is 0.337 e. The summed E-state index contributed by atoms with van der Waals surface area (Å²) in [4.78, 5) is 28.9. The molecule has 1 aliphatic heterocycles. The van der Waals surface area contributed by atoms with Crippen LogP contribution < -0.4 is 5.73 Å². The van der Waals surface area contributed by atoms with Gasteiger partial charge in [0.05, 0.1) is 17.1 Å². The van der Waals surface area contributed by atoms with Crippen molar-refractivity contribution in [1.82, 2.24) is 9.80 Å². The second-order valence-electron chi connectivity index (χ2n) is 7.42. The molecule has 0 bridgehead atoms. The average Bonchev–Trinajstić information content (AvgIpc) is 2.51. The van der Waals surface area contributed by atoms with Crippen molar-refractivity contribution in [2.24, 2.45) is 11.7 Å². The van der Waals surface area contributed by atoms with E-state index in [0.717, 1.165) is 0 Å². The van der Waals surface area contributed by atoms with Crippen LogP contribution in [0, 0.1) is 11.7 Å². The Hall–Kier alpha value is -1.47. The molecule has 7 heteroatoms. The molecule has 0 spiro atoms. The number of nitrogens with zero attached hydrogens (tertiary/aromatic N) is 2. The van der Waals surface area contributed by atoms with Crippen molar-refractivity contribution in [2.75, 3.05) is 19.6 Å². The monoisotopic (exact) mass is 413 g/mol. The van der Waals surface area contributed by atoms with Crippen molar-refractivity contribution >= 4 is 27.7 Å². The maximum absolute atomic E-state index is 13.3. The van der Waals surface area contributed by atoms with E-state index in [2.05, 4.69) is 15.9 Å². The van der Waals surface area contributed by atoms with E-state index in [9.17, 15) is 14.0 Å². The molecular formula is C18H25BrFN3O2. The highest BCUT2D eigenvalue weighted by Gasteiger charge is 2.40. The third-order valence-electron chi connectivity index (χ3n) is 4.62. The summed E-state index contributed by atoms with van der Waals surface area (Å²) >= 11 is 3.25. The molecule has 25 heavy (non-hydrogen) atoms. The van der Waals surface area contributed by atoms with Crippen LogP contribution in [0.25, 0.3) is 0 Å². The lowest BCUT2D eigenvalue weighted by atomic mass is 9.95. The predicted molar refractivity (Wildman–Crippen MR) is 98.6 cm³/mol. The first-order chi connectivity index (χ1) is 11.5. The Kier molecular flexibility index (Phi) is 5.89. The van der Waals surface area contributed by atoms with E-state index in [1.807, 2.05) is 27.7 Å². The Morgan fingerprint density at radius 3 is 2.44 bits per heavy atom. The van der Waals surface area contributed by atoms with Crippen LogP contribution in [0.2, 0.25) is 0 Å². The fourth-order valence-electron chi connectivity index (χ4n) is 3.02. The zero-order valence-electron chi connectivity index (χ0n) is 15.1. The van der Waals surface area contributed by atoms with Crippen molar-refractivity contribution in [2.45, 2.75) is 39.3 Å². The van der Waals surface area contributed by atoms with Gasteiger partial charge in [-0.2, -0.15) is 0 Å². The number of benzene rings is 1. The zero-order valence-corrected chi connectivity index (χ0v) is 16.6. The number of carbonyl (C=O) groups is 2. The zero-order chi connectivity index (χ0) is 18.9. The predicted octanol–water partition coefficient (Wildman–Crippen LogP) is 2.63. The van der Waals surface area contributed by atoms with Gasteiger partial charge in [0.25, 0.3) is 5.91 Å². The fraction of sp³-hybridized carbons (Fsp3) is 0.556. The van der Waals surface area contributed by atoms with Crippen LogP contribution in [0.15, 0.2) is 22.7 Å². The summed E-state index contributed by atoms with van der Waals surface area (Å²) in [5.41, 5.74) is 5.85. The summed E-state index contributed by atoms with van der Waals surface area (Å²) in [6.07, 6.45) is 0. The minimum atomic E-state index is -0.546. The lowest BCUT2D eigenvalue weighted by Crippen LogP contribution is -2.64. The Morgan fingerprint density at radius 1 is 1.28 bits per heavy atom. The van der Waals surface area contributed by atoms with Gasteiger partial charge in [0, 0.05) is 24.1 Å². The summed E-state index contributed by atoms with van der Waals surface area (Å²) < 4.78 is 13.7. The van der Waals surface area contributed by atoms with Crippen molar-refractivity contribution in [3.63, 3.8) is 0 Å². The molecule has 0 radical (unpaired) electrons. The van der Waals surface area contributed by atoms with E-state index >= 15 is 0 Å². The molecule has 2 N–H and O–H groups in total. The minimum absolute atomic E-state index is 0.0606. The maximum atomic E-state index is 13.3. The molecule has 0 aromatic heterocycles. The van der Waals surface area contributed by atoms with Crippen LogP contribution in [0.1, 0.15) is 38.1 Å². The molecule has 0 aliphatic carbocycles. The van der Waals surface area contributed by atoms with Crippen LogP contribution in [0.3, 0.4) is 0 Å². The molecule has 1 aliphatic rings. The Morgan fingerprint density at radius 2 is 1.92 bits per heavy atom. The topological polar surface area (TPSA) is 66.6 Å². The summed E-state index contributed by atoms with van der Waals surface area (Å²) in [5.74, 6) is -0.610. The van der Waals surface area contributed by atoms with E-state index in [0.29, 0.717) is 29.7 Å². The van der Waals surface area contributed by atoms with Crippen molar-refractivity contribution in [1.29, 1.82) is 0 Å². The Labute approximate surface area is 156 Å². The number of carbonyl (C=O) groups excluding carboxylic acids is 2. The van der Waals surface area contributed by atoms with E-state index in [4.69, 9.17) is 5.73 Å². The highest BCUT2D eigenvalue weighted by Crippen LogP contribution is 2.27. The number of amides is 2. The van der Waals surface area contributed by atoms with E-state index < -0.39 is 17.4 Å². The standard InChI is InChI=1S/C18H25BrFN3O2/c1-11(2)15(21)17(25)22-7-8-23(18(3,4)10-22)16(24)13-6-5-12(20)9-14(13)19/h5-6,9,11,15H,7-8,10,21H2,1-4H3/t15-/m0/s1. The molecule has 1 saturated heterocycles. The third-order valence-corrected chi connectivity index (χ3v) is 5.28. The van der Waals surface area contributed by atoms with Crippen LogP contribution in [-0.2, 0) is 4.79 Å². The normalized spacial score (nSPS) is 18.4. The van der Waals surface area contributed by atoms with Crippen molar-refractivity contribution in [3.05, 3.63) is 34.1 Å². The highest BCUT2D eigenvalue weighted by molar-refractivity contribution is 9.10. The smallest absolute Gasteiger partial charge is 0.255 e. The van der Waals surface area contributed by atoms with Gasteiger partial charge in [0.1, 0.15) is 5.82 Å². The number of rotatable bonds is 3. The average molecular weight is 414 g/mol. The second-order valence-corrected chi connectivity index (χ2v) is 8.28. The lowest BCUT2D eigenvalue weighted by Gasteiger charge is -2.47. The van der Waals surface area contributed by atoms with E-state index in [1.165, 1.54) is 18.2 Å². The molecule has 1 aromatic rings. The first-order valence-corrected chi connectivity index (χ1v) is 9.15. The van der Waals surface area contributed by atoms with Crippen molar-refractivity contribution < 1.29 is 14.0 Å². The molecule has 138 valence electrons. The van der Waals surface area contributed by atoms with Crippen LogP contribution in [0.5, 0.6) is 0 Å². The summed E-state index contributed by atoms with van der Waals surface area (Å²) in [6, 6.07) is 3.49. The van der Waals surface area contributed by atoms with Gasteiger partial charge in [0.2, 0.25) is 5.91 Å². The molecule has 1 fully saturated rings. The molecule has 0 unspecified atom stereocenters. The molecule has 1 atom stereocenters. The quantitative estimate of drug-likeness (QED) is 0.827. The molecule has 1 aromatic carbocycles. The number of piperazine rings is 1. The first kappa shape index (κ1) is 19.8. The van der Waals surface area contributed by atoms with E-state index in [-0.39, 0.29) is 17.7 Å². The maximum Gasteiger partial charge on any atom is 0.255 e. The van der Waals surface area contributed by atoms with Gasteiger partial charge in [-0.05, 0) is 53.9 Å².